The average Bonchev–Trinajstić information content (AvgIpc) is 3.36. The highest BCUT2D eigenvalue weighted by molar-refractivity contribution is 5.91. The first-order valence-electron chi connectivity index (χ1n) is 11.2. The second kappa shape index (κ2) is 8.94. The van der Waals surface area contributed by atoms with Gasteiger partial charge in [0.1, 0.15) is 12.4 Å². The Morgan fingerprint density at radius 1 is 1.10 bits per heavy atom. The van der Waals surface area contributed by atoms with Crippen molar-refractivity contribution in [2.75, 3.05) is 33.3 Å². The molecule has 1 aromatic heterocycles. The third-order valence-corrected chi connectivity index (χ3v) is 6.68. The fourth-order valence-electron chi connectivity index (χ4n) is 5.02. The third kappa shape index (κ3) is 4.62. The van der Waals surface area contributed by atoms with Gasteiger partial charge in [0.15, 0.2) is 5.76 Å². The van der Waals surface area contributed by atoms with E-state index in [1.54, 1.807) is 13.2 Å². The number of furan rings is 1. The van der Waals surface area contributed by atoms with Crippen LogP contribution in [0.4, 0.5) is 0 Å². The largest absolute Gasteiger partial charge is 0.453 e. The maximum Gasteiger partial charge on any atom is 0.289 e. The van der Waals surface area contributed by atoms with Gasteiger partial charge in [-0.3, -0.25) is 9.69 Å². The predicted octanol–water partition coefficient (Wildman–Crippen LogP) is 4.68. The van der Waals surface area contributed by atoms with Crippen LogP contribution in [0.3, 0.4) is 0 Å². The summed E-state index contributed by atoms with van der Waals surface area (Å²) in [4.78, 5) is 17.5. The van der Waals surface area contributed by atoms with Crippen molar-refractivity contribution >= 4 is 5.91 Å². The molecule has 0 saturated carbocycles. The highest BCUT2D eigenvalue weighted by atomic mass is 16.5. The van der Waals surface area contributed by atoms with E-state index in [0.29, 0.717) is 24.0 Å². The van der Waals surface area contributed by atoms with Gasteiger partial charge in [0.25, 0.3) is 5.91 Å². The lowest BCUT2D eigenvalue weighted by molar-refractivity contribution is 0.0646. The molecular formula is C25H34N2O3. The minimum atomic E-state index is 0.00984. The summed E-state index contributed by atoms with van der Waals surface area (Å²) in [5.74, 6) is 1.70. The molecule has 162 valence electrons. The summed E-state index contributed by atoms with van der Waals surface area (Å²) in [6, 6.07) is 12.7. The molecule has 1 atom stereocenters. The molecule has 30 heavy (non-hydrogen) atoms. The van der Waals surface area contributed by atoms with Gasteiger partial charge in [-0.25, -0.2) is 0 Å². The summed E-state index contributed by atoms with van der Waals surface area (Å²) in [7, 11) is 1.63. The number of hydrogen-bond acceptors (Lipinski definition) is 4. The van der Waals surface area contributed by atoms with Crippen LogP contribution in [0.1, 0.15) is 66.5 Å². The fraction of sp³-hybridized carbons (Fsp3) is 0.560. The molecule has 1 aromatic carbocycles. The van der Waals surface area contributed by atoms with Gasteiger partial charge in [-0.05, 0) is 55.0 Å². The van der Waals surface area contributed by atoms with Crippen molar-refractivity contribution in [3.8, 4) is 0 Å². The van der Waals surface area contributed by atoms with Gasteiger partial charge in [-0.15, -0.1) is 0 Å². The molecule has 0 unspecified atom stereocenters. The van der Waals surface area contributed by atoms with Crippen LogP contribution in [-0.2, 0) is 17.9 Å². The second-order valence-corrected chi connectivity index (χ2v) is 9.39. The summed E-state index contributed by atoms with van der Waals surface area (Å²) < 4.78 is 10.8. The lowest BCUT2D eigenvalue weighted by Gasteiger charge is -2.40. The number of carbonyl (C=O) groups excluding carboxylic acids is 1. The molecule has 3 heterocycles. The second-order valence-electron chi connectivity index (χ2n) is 9.39. The molecule has 2 saturated heterocycles. The number of piperidine rings is 1. The first kappa shape index (κ1) is 21.1. The van der Waals surface area contributed by atoms with Crippen LogP contribution in [0.5, 0.6) is 0 Å². The lowest BCUT2D eigenvalue weighted by Crippen LogP contribution is -2.45. The molecular weight excluding hydrogens is 376 g/mol. The molecule has 5 heteroatoms. The van der Waals surface area contributed by atoms with Crippen molar-refractivity contribution in [3.63, 3.8) is 0 Å². The number of carbonyl (C=O) groups is 1. The molecule has 0 aliphatic carbocycles. The maximum absolute atomic E-state index is 12.9. The van der Waals surface area contributed by atoms with E-state index >= 15 is 0 Å². The summed E-state index contributed by atoms with van der Waals surface area (Å²) in [6.07, 6.45) is 3.48. The van der Waals surface area contributed by atoms with Crippen LogP contribution in [0.2, 0.25) is 0 Å². The Labute approximate surface area is 180 Å². The number of ether oxygens (including phenoxy) is 1. The van der Waals surface area contributed by atoms with Gasteiger partial charge in [-0.2, -0.15) is 0 Å². The smallest absolute Gasteiger partial charge is 0.289 e. The van der Waals surface area contributed by atoms with E-state index in [1.165, 1.54) is 24.0 Å². The highest BCUT2D eigenvalue weighted by Gasteiger charge is 2.43. The van der Waals surface area contributed by atoms with Crippen LogP contribution >= 0.6 is 0 Å². The Bertz CT molecular complexity index is 858. The Balaban J connectivity index is 1.37. The SMILES string of the molecule is COCc1ccc(C(=O)N2CC[C@]3(CCCN(Cc4ccc(C(C)C)cc4)C3)C2)o1. The van der Waals surface area contributed by atoms with Gasteiger partial charge in [0, 0.05) is 38.7 Å². The number of likely N-dealkylation sites (tertiary alicyclic amines) is 2. The van der Waals surface area contributed by atoms with Crippen LogP contribution in [0, 0.1) is 5.41 Å². The molecule has 0 radical (unpaired) electrons. The first-order chi connectivity index (χ1) is 14.5. The Morgan fingerprint density at radius 2 is 1.90 bits per heavy atom. The van der Waals surface area contributed by atoms with E-state index in [2.05, 4.69) is 43.0 Å². The standard InChI is InChI=1S/C25H34N2O3/c1-19(2)21-7-5-20(6-8-21)15-26-13-4-11-25(17-26)12-14-27(18-25)24(28)23-10-9-22(30-23)16-29-3/h5-10,19H,4,11-18H2,1-3H3/t25-/m0/s1. The quantitative estimate of drug-likeness (QED) is 0.694. The molecule has 0 bridgehead atoms. The Hall–Kier alpha value is -2.11. The predicted molar refractivity (Wildman–Crippen MR) is 117 cm³/mol. The van der Waals surface area contributed by atoms with Crippen LogP contribution in [0.15, 0.2) is 40.8 Å². The van der Waals surface area contributed by atoms with Gasteiger partial charge < -0.3 is 14.1 Å². The number of methoxy groups -OCH3 is 1. The van der Waals surface area contributed by atoms with Crippen molar-refractivity contribution < 1.29 is 13.9 Å². The van der Waals surface area contributed by atoms with Gasteiger partial charge in [0.2, 0.25) is 0 Å². The van der Waals surface area contributed by atoms with Crippen molar-refractivity contribution in [2.45, 2.75) is 52.2 Å². The molecule has 5 nitrogen and oxygen atoms in total. The summed E-state index contributed by atoms with van der Waals surface area (Å²) in [5.41, 5.74) is 2.99. The first-order valence-corrected chi connectivity index (χ1v) is 11.2. The normalized spacial score (nSPS) is 22.3. The minimum absolute atomic E-state index is 0.00984. The molecule has 2 fully saturated rings. The number of nitrogens with zero attached hydrogens (tertiary/aromatic N) is 2. The molecule has 1 amide bonds. The monoisotopic (exact) mass is 410 g/mol. The lowest BCUT2D eigenvalue weighted by atomic mass is 9.79. The van der Waals surface area contributed by atoms with E-state index in [1.807, 2.05) is 11.0 Å². The van der Waals surface area contributed by atoms with E-state index < -0.39 is 0 Å². The number of hydrogen-bond donors (Lipinski definition) is 0. The summed E-state index contributed by atoms with van der Waals surface area (Å²) in [6.45, 7) is 9.70. The molecule has 2 aliphatic rings. The molecule has 2 aromatic rings. The zero-order chi connectivity index (χ0) is 21.1. The number of benzene rings is 1. The Morgan fingerprint density at radius 3 is 2.63 bits per heavy atom. The summed E-state index contributed by atoms with van der Waals surface area (Å²) >= 11 is 0. The molecule has 1 spiro atoms. The van der Waals surface area contributed by atoms with Gasteiger partial charge >= 0.3 is 0 Å². The molecule has 0 N–H and O–H groups in total. The van der Waals surface area contributed by atoms with E-state index in [9.17, 15) is 4.79 Å². The zero-order valence-corrected chi connectivity index (χ0v) is 18.5. The van der Waals surface area contributed by atoms with Crippen molar-refractivity contribution in [1.82, 2.24) is 9.80 Å². The topological polar surface area (TPSA) is 45.9 Å². The highest BCUT2D eigenvalue weighted by Crippen LogP contribution is 2.40. The molecule has 4 rings (SSSR count). The van der Waals surface area contributed by atoms with Gasteiger partial charge in [-0.1, -0.05) is 38.1 Å². The van der Waals surface area contributed by atoms with E-state index in [-0.39, 0.29) is 11.3 Å². The van der Waals surface area contributed by atoms with E-state index in [0.717, 1.165) is 39.1 Å². The zero-order valence-electron chi connectivity index (χ0n) is 18.5. The minimum Gasteiger partial charge on any atom is -0.453 e. The Kier molecular flexibility index (Phi) is 6.30. The third-order valence-electron chi connectivity index (χ3n) is 6.68. The molecule has 2 aliphatic heterocycles. The van der Waals surface area contributed by atoms with Crippen molar-refractivity contribution in [3.05, 3.63) is 59.0 Å². The van der Waals surface area contributed by atoms with Crippen molar-refractivity contribution in [1.29, 1.82) is 0 Å². The van der Waals surface area contributed by atoms with E-state index in [4.69, 9.17) is 9.15 Å². The van der Waals surface area contributed by atoms with Crippen molar-refractivity contribution in [2.24, 2.45) is 5.41 Å². The van der Waals surface area contributed by atoms with Crippen LogP contribution in [-0.4, -0.2) is 49.0 Å². The maximum atomic E-state index is 12.9. The number of amides is 1. The fourth-order valence-corrected chi connectivity index (χ4v) is 5.02. The summed E-state index contributed by atoms with van der Waals surface area (Å²) in [5, 5.41) is 0. The van der Waals surface area contributed by atoms with Crippen LogP contribution in [0.25, 0.3) is 0 Å². The van der Waals surface area contributed by atoms with Crippen LogP contribution < -0.4 is 0 Å². The number of rotatable bonds is 6. The van der Waals surface area contributed by atoms with Gasteiger partial charge in [0.05, 0.1) is 0 Å². The average molecular weight is 411 g/mol.